The van der Waals surface area contributed by atoms with E-state index in [4.69, 9.17) is 9.47 Å². The molecule has 1 aliphatic heterocycles. The van der Waals surface area contributed by atoms with Crippen molar-refractivity contribution in [2.45, 2.75) is 12.7 Å². The first-order valence-corrected chi connectivity index (χ1v) is 8.95. The van der Waals surface area contributed by atoms with Gasteiger partial charge < -0.3 is 19.1 Å². The van der Waals surface area contributed by atoms with Crippen LogP contribution in [0.5, 0.6) is 11.5 Å². The molecule has 1 amide bonds. The molecule has 0 spiro atoms. The highest BCUT2D eigenvalue weighted by molar-refractivity contribution is 7.16. The third kappa shape index (κ3) is 3.68. The number of ether oxygens (including phenoxy) is 2. The van der Waals surface area contributed by atoms with E-state index in [1.54, 1.807) is 12.1 Å². The molecule has 11 heteroatoms. The Morgan fingerprint density at radius 1 is 1.17 bits per heavy atom. The van der Waals surface area contributed by atoms with Gasteiger partial charge in [0.2, 0.25) is 6.79 Å². The molecular formula is C18H11F3N2O5S. The van der Waals surface area contributed by atoms with Crippen molar-refractivity contribution in [3.05, 3.63) is 52.3 Å². The molecule has 150 valence electrons. The highest BCUT2D eigenvalue weighted by Crippen LogP contribution is 2.37. The fourth-order valence-corrected chi connectivity index (χ4v) is 3.85. The Bertz CT molecular complexity index is 1210. The highest BCUT2D eigenvalue weighted by Gasteiger charge is 2.31. The number of aliphatic carboxylic acids is 1. The Labute approximate surface area is 164 Å². The molecule has 1 aromatic heterocycles. The maximum atomic E-state index is 12.9. The molecule has 0 atom stereocenters. The number of hydrogen-bond acceptors (Lipinski definition) is 5. The van der Waals surface area contributed by atoms with Gasteiger partial charge in [0, 0.05) is 17.7 Å². The lowest BCUT2D eigenvalue weighted by molar-refractivity contribution is -0.138. The summed E-state index contributed by atoms with van der Waals surface area (Å²) < 4.78 is 51.1. The van der Waals surface area contributed by atoms with Gasteiger partial charge in [0.05, 0.1) is 15.8 Å². The number of hydrogen-bond donors (Lipinski definition) is 1. The number of carbonyl (C=O) groups is 2. The van der Waals surface area contributed by atoms with E-state index in [0.717, 1.165) is 23.5 Å². The second-order valence-corrected chi connectivity index (χ2v) is 7.04. The van der Waals surface area contributed by atoms with Gasteiger partial charge in [0.1, 0.15) is 6.54 Å². The maximum Gasteiger partial charge on any atom is 0.416 e. The number of carboxylic acids is 1. The Balaban J connectivity index is 1.83. The zero-order valence-electron chi connectivity index (χ0n) is 14.4. The van der Waals surface area contributed by atoms with Crippen LogP contribution in [0.15, 0.2) is 41.4 Å². The summed E-state index contributed by atoms with van der Waals surface area (Å²) in [6.45, 7) is -0.453. The van der Waals surface area contributed by atoms with Crippen molar-refractivity contribution in [2.24, 2.45) is 4.99 Å². The summed E-state index contributed by atoms with van der Waals surface area (Å²) in [6.07, 6.45) is -4.60. The predicted molar refractivity (Wildman–Crippen MR) is 94.9 cm³/mol. The highest BCUT2D eigenvalue weighted by atomic mass is 32.1. The molecule has 4 rings (SSSR count). The monoisotopic (exact) mass is 424 g/mol. The number of nitrogens with zero attached hydrogens (tertiary/aromatic N) is 2. The van der Waals surface area contributed by atoms with E-state index in [1.165, 1.54) is 10.6 Å². The van der Waals surface area contributed by atoms with E-state index in [2.05, 4.69) is 4.99 Å². The molecule has 0 bridgehead atoms. The lowest BCUT2D eigenvalue weighted by Crippen LogP contribution is -2.21. The van der Waals surface area contributed by atoms with Crippen LogP contribution in [-0.4, -0.2) is 28.3 Å². The van der Waals surface area contributed by atoms with Crippen LogP contribution in [0.3, 0.4) is 0 Å². The number of benzene rings is 2. The van der Waals surface area contributed by atoms with Crippen LogP contribution < -0.4 is 14.3 Å². The first-order valence-electron chi connectivity index (χ1n) is 8.13. The summed E-state index contributed by atoms with van der Waals surface area (Å²) in [6, 6.07) is 7.09. The molecule has 1 N–H and O–H groups in total. The van der Waals surface area contributed by atoms with E-state index in [9.17, 15) is 27.9 Å². The average Bonchev–Trinajstić information content (AvgIpc) is 3.23. The normalized spacial score (nSPS) is 13.8. The quantitative estimate of drug-likeness (QED) is 0.697. The summed E-state index contributed by atoms with van der Waals surface area (Å²) >= 11 is 1.02. The zero-order valence-corrected chi connectivity index (χ0v) is 15.2. The van der Waals surface area contributed by atoms with Gasteiger partial charge in [-0.05, 0) is 18.2 Å². The van der Waals surface area contributed by atoms with Crippen LogP contribution in [0.25, 0.3) is 10.2 Å². The SMILES string of the molecule is O=C(O)Cn1c(=NC(=O)c2cccc(C(F)(F)F)c2)sc2cc3c(cc21)OCO3. The van der Waals surface area contributed by atoms with Crippen molar-refractivity contribution >= 4 is 33.4 Å². The Hall–Kier alpha value is -3.34. The minimum Gasteiger partial charge on any atom is -0.480 e. The van der Waals surface area contributed by atoms with Gasteiger partial charge in [-0.15, -0.1) is 0 Å². The second-order valence-electron chi connectivity index (χ2n) is 6.03. The fraction of sp³-hybridized carbons (Fsp3) is 0.167. The fourth-order valence-electron chi connectivity index (χ4n) is 2.81. The lowest BCUT2D eigenvalue weighted by Gasteiger charge is -2.06. The summed E-state index contributed by atoms with van der Waals surface area (Å²) in [7, 11) is 0. The molecule has 2 aromatic carbocycles. The summed E-state index contributed by atoms with van der Waals surface area (Å²) in [5.74, 6) is -1.20. The van der Waals surface area contributed by atoms with Crippen LogP contribution in [0.2, 0.25) is 0 Å². The van der Waals surface area contributed by atoms with Crippen LogP contribution in [0.1, 0.15) is 15.9 Å². The molecule has 7 nitrogen and oxygen atoms in total. The third-order valence-electron chi connectivity index (χ3n) is 4.10. The topological polar surface area (TPSA) is 90.1 Å². The second kappa shape index (κ2) is 6.92. The van der Waals surface area contributed by atoms with Gasteiger partial charge >= 0.3 is 12.1 Å². The summed E-state index contributed by atoms with van der Waals surface area (Å²) in [4.78, 5) is 27.7. The molecule has 0 saturated carbocycles. The van der Waals surface area contributed by atoms with Crippen LogP contribution in [-0.2, 0) is 17.5 Å². The molecule has 0 fully saturated rings. The minimum atomic E-state index is -4.60. The lowest BCUT2D eigenvalue weighted by atomic mass is 10.1. The molecule has 3 aromatic rings. The Kier molecular flexibility index (Phi) is 4.53. The number of carboxylic acid groups (broad SMARTS) is 1. The Morgan fingerprint density at radius 2 is 1.90 bits per heavy atom. The van der Waals surface area contributed by atoms with E-state index < -0.39 is 30.2 Å². The van der Waals surface area contributed by atoms with Crippen molar-refractivity contribution in [3.8, 4) is 11.5 Å². The number of rotatable bonds is 3. The Morgan fingerprint density at radius 3 is 2.59 bits per heavy atom. The molecule has 1 aliphatic rings. The first kappa shape index (κ1) is 19.0. The van der Waals surface area contributed by atoms with Gasteiger partial charge in [-0.25, -0.2) is 0 Å². The predicted octanol–water partition coefficient (Wildman–Crippen LogP) is 3.28. The molecule has 0 radical (unpaired) electrons. The largest absolute Gasteiger partial charge is 0.480 e. The molecular weight excluding hydrogens is 413 g/mol. The van der Waals surface area contributed by atoms with Crippen LogP contribution in [0.4, 0.5) is 13.2 Å². The number of carbonyl (C=O) groups excluding carboxylic acids is 1. The summed E-state index contributed by atoms with van der Waals surface area (Å²) in [5, 5.41) is 9.22. The smallest absolute Gasteiger partial charge is 0.416 e. The number of amides is 1. The van der Waals surface area contributed by atoms with E-state index in [-0.39, 0.29) is 17.2 Å². The molecule has 0 aliphatic carbocycles. The van der Waals surface area contributed by atoms with E-state index in [1.807, 2.05) is 0 Å². The molecule has 0 unspecified atom stereocenters. The van der Waals surface area contributed by atoms with Crippen molar-refractivity contribution in [3.63, 3.8) is 0 Å². The summed E-state index contributed by atoms with van der Waals surface area (Å²) in [5.41, 5.74) is -0.774. The van der Waals surface area contributed by atoms with Crippen molar-refractivity contribution in [2.75, 3.05) is 6.79 Å². The minimum absolute atomic E-state index is 0.0356. The van der Waals surface area contributed by atoms with Gasteiger partial charge in [0.15, 0.2) is 16.3 Å². The zero-order chi connectivity index (χ0) is 20.8. The maximum absolute atomic E-state index is 12.9. The number of thiazole rings is 1. The standard InChI is InChI=1S/C18H11F3N2O5S/c19-18(20,21)10-3-1-2-9(4-10)16(26)22-17-23(7-15(24)25)11-5-12-13(28-8-27-12)6-14(11)29-17/h1-6H,7-8H2,(H,24,25). The molecule has 2 heterocycles. The number of alkyl halides is 3. The van der Waals surface area contributed by atoms with Gasteiger partial charge in [-0.3, -0.25) is 9.59 Å². The first-order chi connectivity index (χ1) is 13.7. The van der Waals surface area contributed by atoms with Crippen LogP contribution >= 0.6 is 11.3 Å². The molecule has 0 saturated heterocycles. The average molecular weight is 424 g/mol. The van der Waals surface area contributed by atoms with Gasteiger partial charge in [-0.2, -0.15) is 18.2 Å². The van der Waals surface area contributed by atoms with E-state index >= 15 is 0 Å². The van der Waals surface area contributed by atoms with Crippen LogP contribution in [0, 0.1) is 0 Å². The van der Waals surface area contributed by atoms with Crippen molar-refractivity contribution < 1.29 is 37.3 Å². The van der Waals surface area contributed by atoms with Crippen molar-refractivity contribution in [1.82, 2.24) is 4.57 Å². The number of halogens is 3. The van der Waals surface area contributed by atoms with Gasteiger partial charge in [0.25, 0.3) is 5.91 Å². The van der Waals surface area contributed by atoms with E-state index in [0.29, 0.717) is 27.8 Å². The molecule has 29 heavy (non-hydrogen) atoms. The van der Waals surface area contributed by atoms with Crippen molar-refractivity contribution in [1.29, 1.82) is 0 Å². The van der Waals surface area contributed by atoms with Gasteiger partial charge in [-0.1, -0.05) is 17.4 Å². The number of aromatic nitrogens is 1. The third-order valence-corrected chi connectivity index (χ3v) is 5.15. The number of fused-ring (bicyclic) bond motifs is 2.